The molecule has 0 unspecified atom stereocenters. The molecule has 0 saturated heterocycles. The van der Waals surface area contributed by atoms with Crippen molar-refractivity contribution < 1.29 is 9.13 Å². The lowest BCUT2D eigenvalue weighted by molar-refractivity contribution is 0.291. The molecule has 154 valence electrons. The molecule has 0 aliphatic carbocycles. The van der Waals surface area contributed by atoms with Crippen LogP contribution in [-0.4, -0.2) is 10.2 Å². The smallest absolute Gasteiger partial charge is 0.272 e. The lowest BCUT2D eigenvalue weighted by atomic mass is 9.97. The normalized spacial score (nSPS) is 11.0. The van der Waals surface area contributed by atoms with Gasteiger partial charge in [-0.05, 0) is 30.2 Å². The molecule has 0 fully saturated rings. The van der Waals surface area contributed by atoms with Crippen molar-refractivity contribution in [3.63, 3.8) is 0 Å². The molecule has 0 saturated carbocycles. The molecule has 1 heterocycles. The number of aryl methyl sites for hydroxylation is 1. The predicted molar refractivity (Wildman–Crippen MR) is 121 cm³/mol. The average molecular weight is 412 g/mol. The van der Waals surface area contributed by atoms with Gasteiger partial charge in [-0.1, -0.05) is 78.9 Å². The zero-order valence-corrected chi connectivity index (χ0v) is 17.0. The maximum atomic E-state index is 14.8. The molecule has 0 atom stereocenters. The van der Waals surface area contributed by atoms with E-state index in [9.17, 15) is 9.18 Å². The molecule has 4 nitrogen and oxygen atoms in total. The monoisotopic (exact) mass is 412 g/mol. The maximum absolute atomic E-state index is 14.8. The van der Waals surface area contributed by atoms with Crippen molar-refractivity contribution >= 4 is 12.2 Å². The van der Waals surface area contributed by atoms with Gasteiger partial charge in [-0.15, -0.1) is 0 Å². The Balaban J connectivity index is 1.79. The number of nitrogens with zero attached hydrogens (tertiary/aromatic N) is 1. The summed E-state index contributed by atoms with van der Waals surface area (Å²) in [7, 11) is 0. The van der Waals surface area contributed by atoms with Crippen LogP contribution in [0.4, 0.5) is 4.39 Å². The predicted octanol–water partition coefficient (Wildman–Crippen LogP) is 5.63. The molecule has 4 aromatic rings. The van der Waals surface area contributed by atoms with Crippen LogP contribution in [0.3, 0.4) is 0 Å². The van der Waals surface area contributed by atoms with Crippen molar-refractivity contribution in [2.45, 2.75) is 13.5 Å². The Hall–Kier alpha value is -3.99. The summed E-state index contributed by atoms with van der Waals surface area (Å²) in [6.45, 7) is 1.98. The van der Waals surface area contributed by atoms with Crippen molar-refractivity contribution in [3.05, 3.63) is 117 Å². The van der Waals surface area contributed by atoms with Crippen LogP contribution in [0.1, 0.15) is 22.4 Å². The molecule has 0 radical (unpaired) electrons. The van der Waals surface area contributed by atoms with Crippen LogP contribution in [0.2, 0.25) is 0 Å². The fourth-order valence-corrected chi connectivity index (χ4v) is 3.38. The highest BCUT2D eigenvalue weighted by atomic mass is 19.1. The summed E-state index contributed by atoms with van der Waals surface area (Å²) in [6.07, 6.45) is 3.57. The third-order valence-electron chi connectivity index (χ3n) is 4.91. The van der Waals surface area contributed by atoms with Crippen molar-refractivity contribution in [3.8, 4) is 16.9 Å². The molecule has 0 bridgehead atoms. The Kier molecular flexibility index (Phi) is 6.03. The molecular weight excluding hydrogens is 391 g/mol. The van der Waals surface area contributed by atoms with E-state index in [0.29, 0.717) is 22.4 Å². The number of H-pyrrole nitrogens is 1. The zero-order valence-electron chi connectivity index (χ0n) is 17.0. The zero-order chi connectivity index (χ0) is 21.6. The van der Waals surface area contributed by atoms with Crippen LogP contribution in [0, 0.1) is 12.7 Å². The Labute approximate surface area is 179 Å². The molecule has 0 amide bonds. The van der Waals surface area contributed by atoms with Gasteiger partial charge in [0.05, 0.1) is 11.3 Å². The van der Waals surface area contributed by atoms with E-state index in [4.69, 9.17) is 4.74 Å². The molecule has 1 aromatic heterocycles. The molecule has 4 rings (SSSR count). The summed E-state index contributed by atoms with van der Waals surface area (Å²) in [5.74, 6) is -0.401. The highest BCUT2D eigenvalue weighted by Crippen LogP contribution is 2.36. The number of benzene rings is 3. The minimum Gasteiger partial charge on any atom is -0.485 e. The summed E-state index contributed by atoms with van der Waals surface area (Å²) in [6, 6.07) is 23.9. The van der Waals surface area contributed by atoms with Crippen LogP contribution in [0.15, 0.2) is 83.7 Å². The molecule has 0 aliphatic rings. The molecule has 1 N–H and O–H groups in total. The summed E-state index contributed by atoms with van der Waals surface area (Å²) in [5.41, 5.74) is 3.50. The van der Waals surface area contributed by atoms with Gasteiger partial charge in [0.1, 0.15) is 6.61 Å². The second-order valence-corrected chi connectivity index (χ2v) is 7.06. The number of halogens is 1. The van der Waals surface area contributed by atoms with E-state index in [1.807, 2.05) is 66.7 Å². The van der Waals surface area contributed by atoms with E-state index in [2.05, 4.69) is 10.2 Å². The van der Waals surface area contributed by atoms with Crippen LogP contribution < -0.4 is 10.3 Å². The number of nitrogens with one attached hydrogen (secondary N) is 1. The first-order valence-corrected chi connectivity index (χ1v) is 9.91. The first-order chi connectivity index (χ1) is 15.1. The fourth-order valence-electron chi connectivity index (χ4n) is 3.38. The number of ether oxygens (including phenoxy) is 1. The number of aromatic nitrogens is 2. The van der Waals surface area contributed by atoms with Crippen molar-refractivity contribution in [2.75, 3.05) is 0 Å². The fraction of sp³-hybridized carbons (Fsp3) is 0.0769. The molecule has 3 aromatic carbocycles. The second-order valence-electron chi connectivity index (χ2n) is 7.06. The number of rotatable bonds is 6. The number of para-hydroxylation sites is 1. The molecule has 31 heavy (non-hydrogen) atoms. The SMILES string of the molecule is Cc1n[nH]c(=O)c(/C=C/c2ccccc2)c1-c1cccc(F)c1OCc1ccccc1. The Morgan fingerprint density at radius 2 is 1.65 bits per heavy atom. The summed E-state index contributed by atoms with van der Waals surface area (Å²) in [5, 5.41) is 6.63. The van der Waals surface area contributed by atoms with Crippen molar-refractivity contribution in [2.24, 2.45) is 0 Å². The first kappa shape index (κ1) is 20.3. The number of aromatic amines is 1. The highest BCUT2D eigenvalue weighted by Gasteiger charge is 2.19. The molecule has 0 aliphatic heterocycles. The Bertz CT molecular complexity index is 1270. The lowest BCUT2D eigenvalue weighted by Crippen LogP contribution is -2.15. The van der Waals surface area contributed by atoms with Gasteiger partial charge < -0.3 is 4.74 Å². The number of hydrogen-bond donors (Lipinski definition) is 1. The van der Waals surface area contributed by atoms with Crippen molar-refractivity contribution in [1.82, 2.24) is 10.2 Å². The van der Waals surface area contributed by atoms with Gasteiger partial charge in [0, 0.05) is 11.1 Å². The maximum Gasteiger partial charge on any atom is 0.272 e. The highest BCUT2D eigenvalue weighted by molar-refractivity contribution is 5.84. The van der Waals surface area contributed by atoms with E-state index in [1.54, 1.807) is 25.1 Å². The average Bonchev–Trinajstić information content (AvgIpc) is 2.80. The summed E-state index contributed by atoms with van der Waals surface area (Å²) >= 11 is 0. The quantitative estimate of drug-likeness (QED) is 0.446. The summed E-state index contributed by atoms with van der Waals surface area (Å²) in [4.78, 5) is 12.7. The minimum atomic E-state index is -0.494. The van der Waals surface area contributed by atoms with Gasteiger partial charge in [-0.2, -0.15) is 5.10 Å². The lowest BCUT2D eigenvalue weighted by Gasteiger charge is -2.15. The van der Waals surface area contributed by atoms with E-state index >= 15 is 0 Å². The van der Waals surface area contributed by atoms with E-state index in [-0.39, 0.29) is 17.9 Å². The van der Waals surface area contributed by atoms with Gasteiger partial charge in [-0.25, -0.2) is 9.49 Å². The van der Waals surface area contributed by atoms with Crippen LogP contribution in [-0.2, 0) is 6.61 Å². The van der Waals surface area contributed by atoms with Gasteiger partial charge in [0.15, 0.2) is 11.6 Å². The summed E-state index contributed by atoms with van der Waals surface area (Å²) < 4.78 is 20.7. The van der Waals surface area contributed by atoms with E-state index in [0.717, 1.165) is 11.1 Å². The van der Waals surface area contributed by atoms with Crippen LogP contribution in [0.25, 0.3) is 23.3 Å². The van der Waals surface area contributed by atoms with Crippen molar-refractivity contribution in [1.29, 1.82) is 0 Å². The minimum absolute atomic E-state index is 0.0937. The largest absolute Gasteiger partial charge is 0.485 e. The van der Waals surface area contributed by atoms with Gasteiger partial charge in [-0.3, -0.25) is 4.79 Å². The van der Waals surface area contributed by atoms with Gasteiger partial charge >= 0.3 is 0 Å². The Morgan fingerprint density at radius 3 is 2.39 bits per heavy atom. The van der Waals surface area contributed by atoms with Crippen LogP contribution >= 0.6 is 0 Å². The van der Waals surface area contributed by atoms with E-state index in [1.165, 1.54) is 6.07 Å². The van der Waals surface area contributed by atoms with Crippen LogP contribution in [0.5, 0.6) is 5.75 Å². The topological polar surface area (TPSA) is 55.0 Å². The third-order valence-corrected chi connectivity index (χ3v) is 4.91. The van der Waals surface area contributed by atoms with E-state index < -0.39 is 5.82 Å². The number of hydrogen-bond acceptors (Lipinski definition) is 3. The molecule has 5 heteroatoms. The first-order valence-electron chi connectivity index (χ1n) is 9.91. The van der Waals surface area contributed by atoms with Gasteiger partial charge in [0.25, 0.3) is 5.56 Å². The molecule has 0 spiro atoms. The van der Waals surface area contributed by atoms with Gasteiger partial charge in [0.2, 0.25) is 0 Å². The second kappa shape index (κ2) is 9.22. The Morgan fingerprint density at radius 1 is 0.935 bits per heavy atom. The molecular formula is C26H21FN2O2. The third kappa shape index (κ3) is 4.61. The standard InChI is InChI=1S/C26H21FN2O2/c1-18-24(22(26(30)29-28-18)16-15-19-9-4-2-5-10-19)21-13-8-14-23(27)25(21)31-17-20-11-6-3-7-12-20/h2-16H,17H2,1H3,(H,29,30)/b16-15+.